The second-order valence-corrected chi connectivity index (χ2v) is 4.84. The van der Waals surface area contributed by atoms with E-state index in [0.29, 0.717) is 10.2 Å². The Bertz CT molecular complexity index is 634. The summed E-state index contributed by atoms with van der Waals surface area (Å²) in [5.41, 5.74) is 0.313. The molecule has 3 nitrogen and oxygen atoms in total. The Hall–Kier alpha value is -1.95. The van der Waals surface area contributed by atoms with Gasteiger partial charge in [0, 0.05) is 10.2 Å². The Labute approximate surface area is 122 Å². The Kier molecular flexibility index (Phi) is 4.68. The molecule has 6 heteroatoms. The number of carbonyl (C=O) groups is 1. The van der Waals surface area contributed by atoms with Gasteiger partial charge in [0.2, 0.25) is 0 Å². The van der Waals surface area contributed by atoms with Crippen LogP contribution in [0.15, 0.2) is 46.9 Å². The monoisotopic (exact) mass is 341 g/mol. The van der Waals surface area contributed by atoms with Gasteiger partial charge >= 0.3 is 0 Å². The van der Waals surface area contributed by atoms with Crippen LogP contribution in [0.1, 0.15) is 0 Å². The molecule has 2 aromatic rings. The van der Waals surface area contributed by atoms with Crippen molar-refractivity contribution in [2.24, 2.45) is 0 Å². The fourth-order valence-corrected chi connectivity index (χ4v) is 1.83. The minimum atomic E-state index is -0.563. The highest BCUT2D eigenvalue weighted by Gasteiger charge is 2.08. The van der Waals surface area contributed by atoms with E-state index in [9.17, 15) is 13.6 Å². The van der Waals surface area contributed by atoms with Crippen LogP contribution in [0.4, 0.5) is 14.5 Å². The lowest BCUT2D eigenvalue weighted by atomic mass is 10.3. The average molecular weight is 342 g/mol. The van der Waals surface area contributed by atoms with Crippen LogP contribution in [0.25, 0.3) is 0 Å². The van der Waals surface area contributed by atoms with Crippen LogP contribution in [0, 0.1) is 11.6 Å². The van der Waals surface area contributed by atoms with Gasteiger partial charge in [-0.05, 0) is 36.4 Å². The fourth-order valence-electron chi connectivity index (χ4n) is 1.49. The molecule has 0 aromatic heterocycles. The minimum Gasteiger partial charge on any atom is -0.481 e. The van der Waals surface area contributed by atoms with E-state index in [-0.39, 0.29) is 12.4 Å². The number of benzene rings is 2. The second-order valence-electron chi connectivity index (χ2n) is 3.92. The Morgan fingerprint density at radius 1 is 1.20 bits per heavy atom. The van der Waals surface area contributed by atoms with Gasteiger partial charge in [0.1, 0.15) is 5.82 Å². The zero-order valence-corrected chi connectivity index (χ0v) is 11.8. The van der Waals surface area contributed by atoms with Crippen molar-refractivity contribution in [1.29, 1.82) is 0 Å². The molecule has 0 aliphatic carbocycles. The minimum absolute atomic E-state index is 0.0335. The van der Waals surface area contributed by atoms with Crippen molar-refractivity contribution in [1.82, 2.24) is 0 Å². The number of rotatable bonds is 4. The molecular weight excluding hydrogens is 332 g/mol. The van der Waals surface area contributed by atoms with Crippen LogP contribution < -0.4 is 10.1 Å². The SMILES string of the molecule is O=C(COc1cc(Br)ccc1F)Nc1cccc(F)c1. The smallest absolute Gasteiger partial charge is 0.262 e. The zero-order chi connectivity index (χ0) is 14.5. The molecule has 0 fully saturated rings. The van der Waals surface area contributed by atoms with Crippen LogP contribution in [0.5, 0.6) is 5.75 Å². The molecule has 0 aliphatic rings. The van der Waals surface area contributed by atoms with Gasteiger partial charge in [-0.15, -0.1) is 0 Å². The van der Waals surface area contributed by atoms with Crippen LogP contribution in [-0.2, 0) is 4.79 Å². The van der Waals surface area contributed by atoms with E-state index in [4.69, 9.17) is 4.74 Å². The third kappa shape index (κ3) is 4.03. The summed E-state index contributed by atoms with van der Waals surface area (Å²) in [5, 5.41) is 2.45. The molecule has 0 saturated carbocycles. The number of ether oxygens (including phenoxy) is 1. The van der Waals surface area contributed by atoms with E-state index < -0.39 is 17.5 Å². The molecule has 0 saturated heterocycles. The van der Waals surface area contributed by atoms with Gasteiger partial charge in [-0.3, -0.25) is 4.79 Å². The summed E-state index contributed by atoms with van der Waals surface area (Å²) in [6.45, 7) is -0.371. The highest BCUT2D eigenvalue weighted by atomic mass is 79.9. The van der Waals surface area contributed by atoms with E-state index in [1.165, 1.54) is 36.4 Å². The zero-order valence-electron chi connectivity index (χ0n) is 10.2. The summed E-state index contributed by atoms with van der Waals surface area (Å²) >= 11 is 3.18. The number of hydrogen-bond donors (Lipinski definition) is 1. The van der Waals surface area contributed by atoms with Crippen LogP contribution in [-0.4, -0.2) is 12.5 Å². The summed E-state index contributed by atoms with van der Waals surface area (Å²) < 4.78 is 32.0. The maximum Gasteiger partial charge on any atom is 0.262 e. The number of amides is 1. The molecule has 0 bridgehead atoms. The topological polar surface area (TPSA) is 38.3 Å². The fraction of sp³-hybridized carbons (Fsp3) is 0.0714. The van der Waals surface area contributed by atoms with Gasteiger partial charge in [0.05, 0.1) is 0 Å². The Morgan fingerprint density at radius 3 is 2.75 bits per heavy atom. The van der Waals surface area contributed by atoms with Crippen LogP contribution in [0.3, 0.4) is 0 Å². The highest BCUT2D eigenvalue weighted by Crippen LogP contribution is 2.22. The highest BCUT2D eigenvalue weighted by molar-refractivity contribution is 9.10. The van der Waals surface area contributed by atoms with Gasteiger partial charge < -0.3 is 10.1 Å². The molecule has 104 valence electrons. The summed E-state index contributed by atoms with van der Waals surface area (Å²) in [5.74, 6) is -1.56. The third-order valence-electron chi connectivity index (χ3n) is 2.36. The summed E-state index contributed by atoms with van der Waals surface area (Å²) in [7, 11) is 0. The largest absolute Gasteiger partial charge is 0.481 e. The first kappa shape index (κ1) is 14.5. The van der Waals surface area contributed by atoms with Crippen molar-refractivity contribution in [2.45, 2.75) is 0 Å². The molecule has 20 heavy (non-hydrogen) atoms. The van der Waals surface area contributed by atoms with Crippen molar-refractivity contribution >= 4 is 27.5 Å². The van der Waals surface area contributed by atoms with E-state index in [0.717, 1.165) is 0 Å². The first-order valence-electron chi connectivity index (χ1n) is 5.68. The number of halogens is 3. The van der Waals surface area contributed by atoms with Crippen molar-refractivity contribution in [3.05, 3.63) is 58.6 Å². The maximum atomic E-state index is 13.4. The van der Waals surface area contributed by atoms with E-state index >= 15 is 0 Å². The van der Waals surface area contributed by atoms with Crippen LogP contribution >= 0.6 is 15.9 Å². The van der Waals surface area contributed by atoms with E-state index in [1.54, 1.807) is 6.07 Å². The first-order chi connectivity index (χ1) is 9.54. The normalized spacial score (nSPS) is 10.2. The summed E-state index contributed by atoms with van der Waals surface area (Å²) in [4.78, 5) is 11.6. The van der Waals surface area contributed by atoms with E-state index in [1.807, 2.05) is 0 Å². The number of nitrogens with one attached hydrogen (secondary N) is 1. The molecule has 0 heterocycles. The maximum absolute atomic E-state index is 13.4. The van der Waals surface area contributed by atoms with Crippen molar-refractivity contribution in [2.75, 3.05) is 11.9 Å². The van der Waals surface area contributed by atoms with Crippen molar-refractivity contribution in [3.8, 4) is 5.75 Å². The lowest BCUT2D eigenvalue weighted by Gasteiger charge is -2.08. The lowest BCUT2D eigenvalue weighted by molar-refractivity contribution is -0.118. The number of anilines is 1. The van der Waals surface area contributed by atoms with Gasteiger partial charge in [0.15, 0.2) is 18.2 Å². The van der Waals surface area contributed by atoms with Crippen LogP contribution in [0.2, 0.25) is 0 Å². The number of hydrogen-bond acceptors (Lipinski definition) is 2. The quantitative estimate of drug-likeness (QED) is 0.919. The lowest BCUT2D eigenvalue weighted by Crippen LogP contribution is -2.20. The number of carbonyl (C=O) groups excluding carboxylic acids is 1. The molecule has 1 amide bonds. The predicted molar refractivity (Wildman–Crippen MR) is 74.6 cm³/mol. The Balaban J connectivity index is 1.94. The molecule has 0 radical (unpaired) electrons. The first-order valence-corrected chi connectivity index (χ1v) is 6.47. The molecule has 0 atom stereocenters. The van der Waals surface area contributed by atoms with Crippen molar-refractivity contribution < 1.29 is 18.3 Å². The molecule has 0 aliphatic heterocycles. The summed E-state index contributed by atoms with van der Waals surface area (Å²) in [6.07, 6.45) is 0. The Morgan fingerprint density at radius 2 is 2.00 bits per heavy atom. The predicted octanol–water partition coefficient (Wildman–Crippen LogP) is 3.74. The molecular formula is C14H10BrF2NO2. The molecule has 0 spiro atoms. The van der Waals surface area contributed by atoms with Gasteiger partial charge in [-0.1, -0.05) is 22.0 Å². The standard InChI is InChI=1S/C14H10BrF2NO2/c15-9-4-5-12(17)13(6-9)20-8-14(19)18-11-3-1-2-10(16)7-11/h1-7H,8H2,(H,18,19). The molecule has 0 unspecified atom stereocenters. The van der Waals surface area contributed by atoms with Gasteiger partial charge in [-0.2, -0.15) is 0 Å². The van der Waals surface area contributed by atoms with Gasteiger partial charge in [0.25, 0.3) is 5.91 Å². The van der Waals surface area contributed by atoms with E-state index in [2.05, 4.69) is 21.2 Å². The summed E-state index contributed by atoms with van der Waals surface area (Å²) in [6, 6.07) is 9.63. The third-order valence-corrected chi connectivity index (χ3v) is 2.85. The van der Waals surface area contributed by atoms with Crippen molar-refractivity contribution in [3.63, 3.8) is 0 Å². The molecule has 1 N–H and O–H groups in total. The molecule has 2 rings (SSSR count). The van der Waals surface area contributed by atoms with Gasteiger partial charge in [-0.25, -0.2) is 8.78 Å². The second kappa shape index (κ2) is 6.47. The molecule has 2 aromatic carbocycles. The average Bonchev–Trinajstić information content (AvgIpc) is 2.40.